The summed E-state index contributed by atoms with van der Waals surface area (Å²) < 4.78 is 0. The molecule has 106 valence electrons. The SMILES string of the molecule is CC(CCN(C)C)NC1CCCc2ccc(O)cc21. The summed E-state index contributed by atoms with van der Waals surface area (Å²) in [6, 6.07) is 6.71. The third-order valence-corrected chi connectivity index (χ3v) is 3.94. The molecule has 0 fully saturated rings. The lowest BCUT2D eigenvalue weighted by Crippen LogP contribution is -2.34. The molecule has 2 atom stereocenters. The number of fused-ring (bicyclic) bond motifs is 1. The maximum absolute atomic E-state index is 9.68. The highest BCUT2D eigenvalue weighted by Crippen LogP contribution is 2.32. The molecule has 0 aromatic heterocycles. The molecule has 0 bridgehead atoms. The molecule has 2 unspecified atom stereocenters. The molecule has 0 saturated carbocycles. The van der Waals surface area contributed by atoms with Crippen LogP contribution in [0.5, 0.6) is 5.75 Å². The zero-order valence-corrected chi connectivity index (χ0v) is 12.3. The molecule has 2 rings (SSSR count). The smallest absolute Gasteiger partial charge is 0.115 e. The van der Waals surface area contributed by atoms with Crippen molar-refractivity contribution in [1.82, 2.24) is 10.2 Å². The Morgan fingerprint density at radius 1 is 1.42 bits per heavy atom. The van der Waals surface area contributed by atoms with E-state index in [1.54, 1.807) is 6.07 Å². The molecule has 1 aliphatic carbocycles. The van der Waals surface area contributed by atoms with Gasteiger partial charge in [0.05, 0.1) is 0 Å². The summed E-state index contributed by atoms with van der Waals surface area (Å²) in [5.41, 5.74) is 2.68. The molecule has 3 nitrogen and oxygen atoms in total. The van der Waals surface area contributed by atoms with Crippen molar-refractivity contribution < 1.29 is 5.11 Å². The van der Waals surface area contributed by atoms with E-state index in [0.29, 0.717) is 17.8 Å². The molecule has 0 radical (unpaired) electrons. The van der Waals surface area contributed by atoms with Gasteiger partial charge in [0.15, 0.2) is 0 Å². The first-order chi connectivity index (χ1) is 9.06. The van der Waals surface area contributed by atoms with Crippen molar-refractivity contribution >= 4 is 0 Å². The molecule has 1 aliphatic rings. The van der Waals surface area contributed by atoms with E-state index in [0.717, 1.165) is 19.4 Å². The second kappa shape index (κ2) is 6.40. The van der Waals surface area contributed by atoms with Crippen LogP contribution in [0, 0.1) is 0 Å². The number of phenolic OH excluding ortho intramolecular Hbond substituents is 1. The monoisotopic (exact) mass is 262 g/mol. The van der Waals surface area contributed by atoms with Crippen LogP contribution in [0.25, 0.3) is 0 Å². The molecule has 0 saturated heterocycles. The molecule has 0 aliphatic heterocycles. The van der Waals surface area contributed by atoms with E-state index < -0.39 is 0 Å². The van der Waals surface area contributed by atoms with Gasteiger partial charge in [-0.3, -0.25) is 0 Å². The Morgan fingerprint density at radius 3 is 2.95 bits per heavy atom. The number of nitrogens with one attached hydrogen (secondary N) is 1. The standard InChI is InChI=1S/C16H26N2O/c1-12(9-10-18(2)3)17-16-6-4-5-13-7-8-14(19)11-15(13)16/h7-8,11-12,16-17,19H,4-6,9-10H2,1-3H3. The van der Waals surface area contributed by atoms with E-state index in [4.69, 9.17) is 0 Å². The molecule has 0 spiro atoms. The maximum atomic E-state index is 9.68. The van der Waals surface area contributed by atoms with Crippen molar-refractivity contribution in [1.29, 1.82) is 0 Å². The van der Waals surface area contributed by atoms with Crippen molar-refractivity contribution in [2.45, 2.75) is 44.7 Å². The van der Waals surface area contributed by atoms with Gasteiger partial charge in [-0.25, -0.2) is 0 Å². The summed E-state index contributed by atoms with van der Waals surface area (Å²) in [6.45, 7) is 3.36. The van der Waals surface area contributed by atoms with E-state index in [1.165, 1.54) is 24.0 Å². The van der Waals surface area contributed by atoms with Gasteiger partial charge in [0.2, 0.25) is 0 Å². The van der Waals surface area contributed by atoms with Crippen LogP contribution in [0.4, 0.5) is 0 Å². The van der Waals surface area contributed by atoms with Gasteiger partial charge in [-0.2, -0.15) is 0 Å². The minimum atomic E-state index is 0.383. The average Bonchev–Trinajstić information content (AvgIpc) is 2.37. The number of hydrogen-bond donors (Lipinski definition) is 2. The highest BCUT2D eigenvalue weighted by atomic mass is 16.3. The number of rotatable bonds is 5. The van der Waals surface area contributed by atoms with Crippen LogP contribution in [0.2, 0.25) is 0 Å². The normalized spacial score (nSPS) is 20.3. The maximum Gasteiger partial charge on any atom is 0.115 e. The van der Waals surface area contributed by atoms with E-state index in [1.807, 2.05) is 6.07 Å². The van der Waals surface area contributed by atoms with Gasteiger partial charge in [-0.05, 0) is 76.5 Å². The van der Waals surface area contributed by atoms with Gasteiger partial charge in [-0.15, -0.1) is 0 Å². The second-order valence-electron chi connectivity index (χ2n) is 5.99. The first-order valence-electron chi connectivity index (χ1n) is 7.29. The number of benzene rings is 1. The van der Waals surface area contributed by atoms with Crippen molar-refractivity contribution in [3.63, 3.8) is 0 Å². The Kier molecular flexibility index (Phi) is 4.83. The summed E-state index contributed by atoms with van der Waals surface area (Å²) >= 11 is 0. The number of aromatic hydroxyl groups is 1. The predicted octanol–water partition coefficient (Wildman–Crippen LogP) is 2.70. The Balaban J connectivity index is 2.00. The topological polar surface area (TPSA) is 35.5 Å². The fourth-order valence-corrected chi connectivity index (χ4v) is 2.84. The molecule has 3 heteroatoms. The Bertz CT molecular complexity index is 417. The molecule has 1 aromatic carbocycles. The molecule has 0 heterocycles. The second-order valence-corrected chi connectivity index (χ2v) is 5.99. The lowest BCUT2D eigenvalue weighted by molar-refractivity contribution is 0.337. The van der Waals surface area contributed by atoms with Gasteiger partial charge in [-0.1, -0.05) is 6.07 Å². The van der Waals surface area contributed by atoms with Crippen LogP contribution in [0.3, 0.4) is 0 Å². The summed E-state index contributed by atoms with van der Waals surface area (Å²) in [5.74, 6) is 0.383. The van der Waals surface area contributed by atoms with E-state index in [-0.39, 0.29) is 0 Å². The number of nitrogens with zero attached hydrogens (tertiary/aromatic N) is 1. The Labute approximate surface area is 116 Å². The molecular weight excluding hydrogens is 236 g/mol. The summed E-state index contributed by atoms with van der Waals surface area (Å²) in [6.07, 6.45) is 4.69. The van der Waals surface area contributed by atoms with Crippen molar-refractivity contribution in [2.24, 2.45) is 0 Å². The molecule has 19 heavy (non-hydrogen) atoms. The zero-order valence-electron chi connectivity index (χ0n) is 12.3. The van der Waals surface area contributed by atoms with E-state index >= 15 is 0 Å². The first-order valence-corrected chi connectivity index (χ1v) is 7.29. The summed E-state index contributed by atoms with van der Waals surface area (Å²) in [7, 11) is 4.22. The largest absolute Gasteiger partial charge is 0.508 e. The number of aryl methyl sites for hydroxylation is 1. The van der Waals surface area contributed by atoms with Gasteiger partial charge in [0.25, 0.3) is 0 Å². The van der Waals surface area contributed by atoms with Crippen molar-refractivity contribution in [3.8, 4) is 5.75 Å². The molecule has 1 aromatic rings. The zero-order chi connectivity index (χ0) is 13.8. The highest BCUT2D eigenvalue weighted by molar-refractivity contribution is 5.38. The molecule has 0 amide bonds. The number of phenols is 1. The summed E-state index contributed by atoms with van der Waals surface area (Å²) in [5, 5.41) is 13.4. The van der Waals surface area contributed by atoms with E-state index in [9.17, 15) is 5.11 Å². The lowest BCUT2D eigenvalue weighted by Gasteiger charge is -2.30. The average molecular weight is 262 g/mol. The highest BCUT2D eigenvalue weighted by Gasteiger charge is 2.21. The third-order valence-electron chi connectivity index (χ3n) is 3.94. The van der Waals surface area contributed by atoms with Crippen LogP contribution in [0.15, 0.2) is 18.2 Å². The first kappa shape index (κ1) is 14.4. The van der Waals surface area contributed by atoms with E-state index in [2.05, 4.69) is 37.3 Å². The van der Waals surface area contributed by atoms with Gasteiger partial charge in [0.1, 0.15) is 5.75 Å². The number of hydrogen-bond acceptors (Lipinski definition) is 3. The summed E-state index contributed by atoms with van der Waals surface area (Å²) in [4.78, 5) is 2.22. The minimum Gasteiger partial charge on any atom is -0.508 e. The van der Waals surface area contributed by atoms with Crippen LogP contribution < -0.4 is 5.32 Å². The predicted molar refractivity (Wildman–Crippen MR) is 79.6 cm³/mol. The van der Waals surface area contributed by atoms with Crippen LogP contribution in [-0.2, 0) is 6.42 Å². The fourth-order valence-electron chi connectivity index (χ4n) is 2.84. The third kappa shape index (κ3) is 3.95. The van der Waals surface area contributed by atoms with Gasteiger partial charge >= 0.3 is 0 Å². The molecular formula is C16H26N2O. The Morgan fingerprint density at radius 2 is 2.21 bits per heavy atom. The van der Waals surface area contributed by atoms with Crippen LogP contribution in [0.1, 0.15) is 43.4 Å². The molecule has 2 N–H and O–H groups in total. The van der Waals surface area contributed by atoms with Crippen molar-refractivity contribution in [3.05, 3.63) is 29.3 Å². The minimum absolute atomic E-state index is 0.383. The van der Waals surface area contributed by atoms with Gasteiger partial charge in [0, 0.05) is 12.1 Å². The van der Waals surface area contributed by atoms with Crippen LogP contribution >= 0.6 is 0 Å². The Hall–Kier alpha value is -1.06. The van der Waals surface area contributed by atoms with Crippen LogP contribution in [-0.4, -0.2) is 36.7 Å². The lowest BCUT2D eigenvalue weighted by atomic mass is 9.87. The van der Waals surface area contributed by atoms with Crippen molar-refractivity contribution in [2.75, 3.05) is 20.6 Å². The quantitative estimate of drug-likeness (QED) is 0.856. The fraction of sp³-hybridized carbons (Fsp3) is 0.625. The van der Waals surface area contributed by atoms with Gasteiger partial charge < -0.3 is 15.3 Å².